The molecule has 11 heteroatoms. The highest BCUT2D eigenvalue weighted by atomic mass is 32.2. The van der Waals surface area contributed by atoms with Crippen LogP contribution in [0.25, 0.3) is 0 Å². The van der Waals surface area contributed by atoms with Crippen molar-refractivity contribution in [2.24, 2.45) is 5.92 Å². The zero-order valence-corrected chi connectivity index (χ0v) is 19.9. The van der Waals surface area contributed by atoms with E-state index < -0.39 is 56.6 Å². The van der Waals surface area contributed by atoms with Gasteiger partial charge in [-0.2, -0.15) is 0 Å². The lowest BCUT2D eigenvalue weighted by atomic mass is 10.1. The van der Waals surface area contributed by atoms with E-state index in [0.717, 1.165) is 9.80 Å². The third-order valence-electron chi connectivity index (χ3n) is 6.33. The lowest BCUT2D eigenvalue weighted by Crippen LogP contribution is -2.56. The Bertz CT molecular complexity index is 907. The zero-order chi connectivity index (χ0) is 24.1. The average molecular weight is 472 g/mol. The topological polar surface area (TPSA) is 133 Å². The monoisotopic (exact) mass is 471 g/mol. The summed E-state index contributed by atoms with van der Waals surface area (Å²) in [4.78, 5) is 41.1. The molecule has 0 unspecified atom stereocenters. The number of carbonyl (C=O) groups is 3. The van der Waals surface area contributed by atoms with Crippen molar-refractivity contribution in [3.63, 3.8) is 0 Å². The maximum atomic E-state index is 13.5. The van der Waals surface area contributed by atoms with Crippen LogP contribution in [0.5, 0.6) is 0 Å². The van der Waals surface area contributed by atoms with E-state index in [1.165, 1.54) is 0 Å². The number of rotatable bonds is 6. The van der Waals surface area contributed by atoms with Crippen LogP contribution in [0.3, 0.4) is 0 Å². The molecule has 180 valence electrons. The third-order valence-corrected chi connectivity index (χ3v) is 8.61. The predicted octanol–water partition coefficient (Wildman–Crippen LogP) is 1.74. The number of nitrogens with one attached hydrogen (secondary N) is 1. The van der Waals surface area contributed by atoms with Gasteiger partial charge in [-0.25, -0.2) is 22.7 Å². The molecule has 2 aliphatic carbocycles. The smallest absolute Gasteiger partial charge is 0.411 e. The normalized spacial score (nSPS) is 28.6. The minimum absolute atomic E-state index is 0.0705. The van der Waals surface area contributed by atoms with Gasteiger partial charge in [0.05, 0.1) is 17.4 Å². The van der Waals surface area contributed by atoms with Gasteiger partial charge in [0.2, 0.25) is 10.0 Å². The SMILES string of the molecule is C=C[C@@H]1C[C@H]1N(C(=O)NS(=O)(=O)C1(CC)CC1)C(=O)[C@@H]1C[C@@H](O)CN1C(=O)OC(C)(C)C. The summed E-state index contributed by atoms with van der Waals surface area (Å²) in [6.07, 6.45) is 1.54. The number of β-amino-alcohol motifs (C(OH)–C–C–N with tert-alkyl or cyclic N) is 1. The maximum absolute atomic E-state index is 13.5. The summed E-state index contributed by atoms with van der Waals surface area (Å²) in [5, 5.41) is 10.1. The Kier molecular flexibility index (Phi) is 6.38. The molecule has 3 rings (SSSR count). The molecule has 3 fully saturated rings. The van der Waals surface area contributed by atoms with Crippen LogP contribution in [-0.2, 0) is 19.6 Å². The quantitative estimate of drug-likeness (QED) is 0.564. The number of likely N-dealkylation sites (tertiary alicyclic amines) is 1. The molecule has 0 aromatic rings. The first-order valence-corrected chi connectivity index (χ1v) is 12.4. The second-order valence-electron chi connectivity index (χ2n) is 9.90. The number of aliphatic hydroxyl groups is 1. The molecule has 4 atom stereocenters. The summed E-state index contributed by atoms with van der Waals surface area (Å²) in [5.41, 5.74) is -0.813. The van der Waals surface area contributed by atoms with Gasteiger partial charge in [0.15, 0.2) is 0 Å². The van der Waals surface area contributed by atoms with Crippen molar-refractivity contribution in [3.05, 3.63) is 12.7 Å². The summed E-state index contributed by atoms with van der Waals surface area (Å²) < 4.78 is 32.0. The van der Waals surface area contributed by atoms with Gasteiger partial charge in [0.25, 0.3) is 5.91 Å². The molecule has 0 aromatic carbocycles. The summed E-state index contributed by atoms with van der Waals surface area (Å²) in [5.74, 6) is -0.898. The van der Waals surface area contributed by atoms with Crippen molar-refractivity contribution in [3.8, 4) is 0 Å². The first-order chi connectivity index (χ1) is 14.7. The van der Waals surface area contributed by atoms with E-state index in [2.05, 4.69) is 11.3 Å². The van der Waals surface area contributed by atoms with Crippen LogP contribution in [0.1, 0.15) is 59.8 Å². The van der Waals surface area contributed by atoms with Gasteiger partial charge in [-0.05, 0) is 52.4 Å². The highest BCUT2D eigenvalue weighted by Crippen LogP contribution is 2.46. The third kappa shape index (κ3) is 4.78. The van der Waals surface area contributed by atoms with Crippen LogP contribution >= 0.6 is 0 Å². The number of carbonyl (C=O) groups excluding carboxylic acids is 3. The molecule has 32 heavy (non-hydrogen) atoms. The Labute approximate surface area is 189 Å². The molecule has 0 radical (unpaired) electrons. The molecular formula is C21H33N3O7S. The van der Waals surface area contributed by atoms with Gasteiger partial charge in [-0.15, -0.1) is 6.58 Å². The number of amides is 4. The highest BCUT2D eigenvalue weighted by molar-refractivity contribution is 7.91. The molecule has 2 saturated carbocycles. The van der Waals surface area contributed by atoms with E-state index in [0.29, 0.717) is 25.7 Å². The lowest BCUT2D eigenvalue weighted by molar-refractivity contribution is -0.133. The number of aliphatic hydroxyl groups excluding tert-OH is 1. The molecule has 3 aliphatic rings. The van der Waals surface area contributed by atoms with Crippen LogP contribution in [0.4, 0.5) is 9.59 Å². The van der Waals surface area contributed by atoms with Gasteiger partial charge in [0, 0.05) is 12.5 Å². The molecule has 1 saturated heterocycles. The molecule has 10 nitrogen and oxygen atoms in total. The van der Waals surface area contributed by atoms with Gasteiger partial charge >= 0.3 is 12.1 Å². The number of imide groups is 1. The summed E-state index contributed by atoms with van der Waals surface area (Å²) in [6.45, 7) is 10.4. The fourth-order valence-electron chi connectivity index (χ4n) is 4.12. The van der Waals surface area contributed by atoms with Crippen molar-refractivity contribution in [2.75, 3.05) is 6.54 Å². The maximum Gasteiger partial charge on any atom is 0.411 e. The zero-order valence-electron chi connectivity index (χ0n) is 19.0. The number of sulfonamides is 1. The number of nitrogens with zero attached hydrogens (tertiary/aromatic N) is 2. The van der Waals surface area contributed by atoms with E-state index in [1.807, 2.05) is 0 Å². The Morgan fingerprint density at radius 2 is 1.91 bits per heavy atom. The Hall–Kier alpha value is -2.14. The standard InChI is InChI=1S/C21H33N3O7S/c1-6-13-10-15(13)24(18(27)22-32(29,30)21(7-2)8-9-21)17(26)16-11-14(25)12-23(16)19(28)31-20(3,4)5/h6,13-16,25H,1,7-12H2,2-5H3,(H,22,27)/t13-,14-,15-,16+/m1/s1. The van der Waals surface area contributed by atoms with Crippen LogP contribution in [0.2, 0.25) is 0 Å². The fraction of sp³-hybridized carbons (Fsp3) is 0.762. The molecule has 1 aliphatic heterocycles. The van der Waals surface area contributed by atoms with Crippen molar-refractivity contribution < 1.29 is 32.6 Å². The molecule has 0 bridgehead atoms. The minimum atomic E-state index is -3.97. The predicted molar refractivity (Wildman–Crippen MR) is 116 cm³/mol. The second kappa shape index (κ2) is 8.33. The van der Waals surface area contributed by atoms with E-state index in [4.69, 9.17) is 4.74 Å². The molecule has 4 amide bonds. The van der Waals surface area contributed by atoms with E-state index in [1.54, 1.807) is 33.8 Å². The second-order valence-corrected chi connectivity index (χ2v) is 12.0. The minimum Gasteiger partial charge on any atom is -0.444 e. The van der Waals surface area contributed by atoms with Gasteiger partial charge in [-0.1, -0.05) is 13.0 Å². The van der Waals surface area contributed by atoms with Gasteiger partial charge < -0.3 is 9.84 Å². The largest absolute Gasteiger partial charge is 0.444 e. The van der Waals surface area contributed by atoms with E-state index in [9.17, 15) is 27.9 Å². The lowest BCUT2D eigenvalue weighted by Gasteiger charge is -2.31. The summed E-state index contributed by atoms with van der Waals surface area (Å²) >= 11 is 0. The van der Waals surface area contributed by atoms with Gasteiger partial charge in [-0.3, -0.25) is 14.6 Å². The van der Waals surface area contributed by atoms with Crippen LogP contribution in [0, 0.1) is 5.92 Å². The van der Waals surface area contributed by atoms with Gasteiger partial charge in [0.1, 0.15) is 11.6 Å². The number of hydrogen-bond donors (Lipinski definition) is 2. The van der Waals surface area contributed by atoms with E-state index in [-0.39, 0.29) is 18.9 Å². The first-order valence-electron chi connectivity index (χ1n) is 10.9. The number of urea groups is 1. The summed E-state index contributed by atoms with van der Waals surface area (Å²) in [7, 11) is -3.97. The molecule has 0 aromatic heterocycles. The Balaban J connectivity index is 1.83. The van der Waals surface area contributed by atoms with Crippen molar-refractivity contribution in [2.45, 2.75) is 88.3 Å². The highest BCUT2D eigenvalue weighted by Gasteiger charge is 2.56. The van der Waals surface area contributed by atoms with Crippen LogP contribution in [-0.4, -0.2) is 76.4 Å². The van der Waals surface area contributed by atoms with Crippen molar-refractivity contribution in [1.82, 2.24) is 14.5 Å². The van der Waals surface area contributed by atoms with Crippen molar-refractivity contribution in [1.29, 1.82) is 0 Å². The average Bonchev–Trinajstić information content (AvgIpc) is 3.57. The number of hydrogen-bond acceptors (Lipinski definition) is 7. The van der Waals surface area contributed by atoms with E-state index >= 15 is 0 Å². The van der Waals surface area contributed by atoms with Crippen LogP contribution in [0.15, 0.2) is 12.7 Å². The molecule has 2 N–H and O–H groups in total. The molecule has 0 spiro atoms. The fourth-order valence-corrected chi connectivity index (χ4v) is 5.68. The Morgan fingerprint density at radius 1 is 1.28 bits per heavy atom. The molecule has 1 heterocycles. The first kappa shape index (κ1) is 24.5. The van der Waals surface area contributed by atoms with Crippen LogP contribution < -0.4 is 4.72 Å². The molecular weight excluding hydrogens is 438 g/mol. The Morgan fingerprint density at radius 3 is 2.38 bits per heavy atom. The number of ether oxygens (including phenoxy) is 1. The van der Waals surface area contributed by atoms with Crippen molar-refractivity contribution >= 4 is 28.1 Å². The summed E-state index contributed by atoms with van der Waals surface area (Å²) in [6, 6.07) is -2.72.